The molecule has 0 saturated heterocycles. The van der Waals surface area contributed by atoms with Crippen LogP contribution in [0.15, 0.2) is 34.9 Å². The lowest BCUT2D eigenvalue weighted by atomic mass is 10.1. The molecule has 3 rings (SSSR count). The standard InChI is InChI=1S/C14H13ClN2O3/c1-14(7-8-14)11-10(15)12(17-20-11)16-13(18)19-9-5-3-2-4-6-9/h2-6H,7-8H2,1H3,(H,16,17,18). The van der Waals surface area contributed by atoms with Crippen molar-refractivity contribution < 1.29 is 14.1 Å². The number of halogens is 1. The fourth-order valence-corrected chi connectivity index (χ4v) is 2.21. The number of benzene rings is 1. The van der Waals surface area contributed by atoms with Gasteiger partial charge in [-0.1, -0.05) is 41.9 Å². The number of anilines is 1. The highest BCUT2D eigenvalue weighted by Gasteiger charge is 2.45. The minimum absolute atomic E-state index is 0.0483. The number of hydrogen-bond acceptors (Lipinski definition) is 4. The van der Waals surface area contributed by atoms with Gasteiger partial charge in [0, 0.05) is 5.41 Å². The molecule has 1 saturated carbocycles. The molecule has 2 aromatic rings. The van der Waals surface area contributed by atoms with E-state index in [0.717, 1.165) is 12.8 Å². The lowest BCUT2D eigenvalue weighted by Gasteiger charge is -2.04. The lowest BCUT2D eigenvalue weighted by molar-refractivity contribution is 0.215. The van der Waals surface area contributed by atoms with E-state index in [1.54, 1.807) is 24.3 Å². The monoisotopic (exact) mass is 292 g/mol. The van der Waals surface area contributed by atoms with Crippen LogP contribution >= 0.6 is 11.6 Å². The largest absolute Gasteiger partial charge is 0.418 e. The second-order valence-corrected chi connectivity index (χ2v) is 5.44. The van der Waals surface area contributed by atoms with Crippen molar-refractivity contribution in [3.63, 3.8) is 0 Å². The third-order valence-electron chi connectivity index (χ3n) is 3.36. The molecule has 0 spiro atoms. The molecular weight excluding hydrogens is 280 g/mol. The van der Waals surface area contributed by atoms with Crippen LogP contribution in [-0.2, 0) is 5.41 Å². The summed E-state index contributed by atoms with van der Waals surface area (Å²) in [5, 5.41) is 6.61. The summed E-state index contributed by atoms with van der Waals surface area (Å²) in [4.78, 5) is 11.7. The highest BCUT2D eigenvalue weighted by Crippen LogP contribution is 2.51. The van der Waals surface area contributed by atoms with Crippen molar-refractivity contribution in [2.24, 2.45) is 0 Å². The Kier molecular flexibility index (Phi) is 3.14. The molecule has 1 N–H and O–H groups in total. The molecule has 1 aliphatic carbocycles. The van der Waals surface area contributed by atoms with Crippen LogP contribution in [0, 0.1) is 0 Å². The molecule has 5 nitrogen and oxygen atoms in total. The van der Waals surface area contributed by atoms with Gasteiger partial charge < -0.3 is 9.26 Å². The van der Waals surface area contributed by atoms with E-state index >= 15 is 0 Å². The molecule has 0 bridgehead atoms. The van der Waals surface area contributed by atoms with Gasteiger partial charge in [-0.2, -0.15) is 0 Å². The van der Waals surface area contributed by atoms with Gasteiger partial charge in [0.15, 0.2) is 11.6 Å². The average Bonchev–Trinajstić information content (AvgIpc) is 3.07. The Hall–Kier alpha value is -2.01. The minimum atomic E-state index is -0.654. The lowest BCUT2D eigenvalue weighted by Crippen LogP contribution is -2.17. The molecule has 104 valence electrons. The number of rotatable bonds is 3. The molecule has 1 aliphatic rings. The minimum Gasteiger partial charge on any atom is -0.410 e. The molecular formula is C14H13ClN2O3. The molecule has 20 heavy (non-hydrogen) atoms. The van der Waals surface area contributed by atoms with Gasteiger partial charge in [-0.3, -0.25) is 5.32 Å². The number of carbonyl (C=O) groups is 1. The first-order valence-electron chi connectivity index (χ1n) is 6.28. The van der Waals surface area contributed by atoms with Crippen LogP contribution in [0.3, 0.4) is 0 Å². The van der Waals surface area contributed by atoms with Gasteiger partial charge in [0.2, 0.25) is 0 Å². The Bertz CT molecular complexity index is 635. The normalized spacial score (nSPS) is 15.7. The van der Waals surface area contributed by atoms with Crippen LogP contribution in [0.5, 0.6) is 5.75 Å². The van der Waals surface area contributed by atoms with Crippen LogP contribution in [0.4, 0.5) is 10.6 Å². The van der Waals surface area contributed by atoms with E-state index in [1.165, 1.54) is 0 Å². The Morgan fingerprint density at radius 2 is 2.10 bits per heavy atom. The fourth-order valence-electron chi connectivity index (χ4n) is 1.86. The zero-order chi connectivity index (χ0) is 14.2. The van der Waals surface area contributed by atoms with E-state index in [2.05, 4.69) is 10.5 Å². The number of aromatic nitrogens is 1. The molecule has 1 aromatic carbocycles. The number of amides is 1. The molecule has 1 heterocycles. The highest BCUT2D eigenvalue weighted by atomic mass is 35.5. The van der Waals surface area contributed by atoms with Gasteiger partial charge >= 0.3 is 6.09 Å². The zero-order valence-electron chi connectivity index (χ0n) is 10.9. The van der Waals surface area contributed by atoms with Gasteiger partial charge in [0.1, 0.15) is 10.8 Å². The molecule has 0 atom stereocenters. The smallest absolute Gasteiger partial charge is 0.410 e. The van der Waals surface area contributed by atoms with Gasteiger partial charge in [0.25, 0.3) is 0 Å². The van der Waals surface area contributed by atoms with Crippen molar-refractivity contribution in [3.8, 4) is 5.75 Å². The first-order valence-corrected chi connectivity index (χ1v) is 6.66. The van der Waals surface area contributed by atoms with E-state index in [4.69, 9.17) is 20.9 Å². The summed E-state index contributed by atoms with van der Waals surface area (Å²) in [5.74, 6) is 1.25. The number of nitrogens with zero attached hydrogens (tertiary/aromatic N) is 1. The maximum absolute atomic E-state index is 11.7. The molecule has 0 aliphatic heterocycles. The summed E-state index contributed by atoms with van der Waals surface area (Å²) < 4.78 is 10.3. The number of para-hydroxylation sites is 1. The van der Waals surface area contributed by atoms with Crippen LogP contribution in [-0.4, -0.2) is 11.2 Å². The third kappa shape index (κ3) is 2.49. The maximum Gasteiger partial charge on any atom is 0.418 e. The second kappa shape index (κ2) is 4.83. The number of hydrogen-bond donors (Lipinski definition) is 1. The quantitative estimate of drug-likeness (QED) is 0.929. The van der Waals surface area contributed by atoms with Crippen molar-refractivity contribution in [1.29, 1.82) is 0 Å². The van der Waals surface area contributed by atoms with Crippen molar-refractivity contribution in [3.05, 3.63) is 41.1 Å². The number of nitrogens with one attached hydrogen (secondary N) is 1. The van der Waals surface area contributed by atoms with Crippen LogP contribution in [0.25, 0.3) is 0 Å². The summed E-state index contributed by atoms with van der Waals surface area (Å²) in [5.41, 5.74) is -0.0483. The van der Waals surface area contributed by atoms with E-state index in [9.17, 15) is 4.79 Å². The zero-order valence-corrected chi connectivity index (χ0v) is 11.6. The van der Waals surface area contributed by atoms with Crippen molar-refractivity contribution in [2.75, 3.05) is 5.32 Å². The summed E-state index contributed by atoms with van der Waals surface area (Å²) in [6, 6.07) is 8.75. The fraction of sp³-hybridized carbons (Fsp3) is 0.286. The molecule has 1 amide bonds. The summed E-state index contributed by atoms with van der Waals surface area (Å²) >= 11 is 6.17. The average molecular weight is 293 g/mol. The summed E-state index contributed by atoms with van der Waals surface area (Å²) in [6.07, 6.45) is 1.37. The van der Waals surface area contributed by atoms with E-state index in [0.29, 0.717) is 16.5 Å². The summed E-state index contributed by atoms with van der Waals surface area (Å²) in [6.45, 7) is 2.05. The second-order valence-electron chi connectivity index (χ2n) is 5.06. The molecule has 6 heteroatoms. The van der Waals surface area contributed by atoms with Gasteiger partial charge in [0.05, 0.1) is 0 Å². The Morgan fingerprint density at radius 1 is 1.40 bits per heavy atom. The van der Waals surface area contributed by atoms with Crippen LogP contribution in [0.1, 0.15) is 25.5 Å². The molecule has 1 aromatic heterocycles. The van der Waals surface area contributed by atoms with E-state index < -0.39 is 6.09 Å². The SMILES string of the molecule is CC1(c2onc(NC(=O)Oc3ccccc3)c2Cl)CC1. The summed E-state index contributed by atoms with van der Waals surface area (Å²) in [7, 11) is 0. The van der Waals surface area contributed by atoms with Gasteiger partial charge in [-0.05, 0) is 25.0 Å². The number of carbonyl (C=O) groups excluding carboxylic acids is 1. The Morgan fingerprint density at radius 3 is 2.75 bits per heavy atom. The highest BCUT2D eigenvalue weighted by molar-refractivity contribution is 6.34. The predicted octanol–water partition coefficient (Wildman–Crippen LogP) is 3.99. The third-order valence-corrected chi connectivity index (χ3v) is 3.71. The van der Waals surface area contributed by atoms with E-state index in [-0.39, 0.29) is 11.2 Å². The Balaban J connectivity index is 1.69. The maximum atomic E-state index is 11.7. The van der Waals surface area contributed by atoms with Crippen LogP contribution < -0.4 is 10.1 Å². The Labute approximate surface area is 120 Å². The topological polar surface area (TPSA) is 64.4 Å². The van der Waals surface area contributed by atoms with Gasteiger partial charge in [-0.25, -0.2) is 4.79 Å². The first kappa shape index (κ1) is 13.0. The van der Waals surface area contributed by atoms with Crippen molar-refractivity contribution >= 4 is 23.5 Å². The molecule has 0 radical (unpaired) electrons. The van der Waals surface area contributed by atoms with E-state index in [1.807, 2.05) is 13.0 Å². The number of ether oxygens (including phenoxy) is 1. The molecule has 1 fully saturated rings. The first-order chi connectivity index (χ1) is 9.58. The van der Waals surface area contributed by atoms with Gasteiger partial charge in [-0.15, -0.1) is 0 Å². The van der Waals surface area contributed by atoms with Crippen molar-refractivity contribution in [2.45, 2.75) is 25.2 Å². The van der Waals surface area contributed by atoms with Crippen LogP contribution in [0.2, 0.25) is 5.02 Å². The van der Waals surface area contributed by atoms with Crippen molar-refractivity contribution in [1.82, 2.24) is 5.16 Å². The predicted molar refractivity (Wildman–Crippen MR) is 74.2 cm³/mol. The molecule has 0 unspecified atom stereocenters.